The Balaban J connectivity index is 1.88. The number of esters is 1. The number of fused-ring (bicyclic) bond motifs is 2. The van der Waals surface area contributed by atoms with Crippen LogP contribution in [0.3, 0.4) is 0 Å². The van der Waals surface area contributed by atoms with Gasteiger partial charge in [-0.05, 0) is 36.8 Å². The third-order valence-corrected chi connectivity index (χ3v) is 5.02. The molecule has 3 aromatic rings. The van der Waals surface area contributed by atoms with Crippen molar-refractivity contribution in [3.05, 3.63) is 64.8 Å². The number of carbonyl (C=O) groups is 2. The van der Waals surface area contributed by atoms with Crippen molar-refractivity contribution in [1.29, 1.82) is 0 Å². The molecule has 0 saturated carbocycles. The maximum absolute atomic E-state index is 12.5. The van der Waals surface area contributed by atoms with Gasteiger partial charge in [-0.1, -0.05) is 19.1 Å². The Morgan fingerprint density at radius 2 is 2.04 bits per heavy atom. The van der Waals surface area contributed by atoms with E-state index in [1.165, 1.54) is 0 Å². The summed E-state index contributed by atoms with van der Waals surface area (Å²) in [5, 5.41) is 1.11. The molecule has 5 nitrogen and oxygen atoms in total. The fourth-order valence-corrected chi connectivity index (χ4v) is 3.73. The van der Waals surface area contributed by atoms with Crippen LogP contribution in [-0.4, -0.2) is 30.0 Å². The van der Waals surface area contributed by atoms with Gasteiger partial charge in [0.1, 0.15) is 5.75 Å². The number of hydrogen-bond acceptors (Lipinski definition) is 4. The number of nitrogens with one attached hydrogen (secondary N) is 1. The molecular formula is C22H21NO4. The zero-order valence-electron chi connectivity index (χ0n) is 15.4. The first kappa shape index (κ1) is 17.3. The minimum atomic E-state index is -0.420. The number of benzene rings is 2. The molecule has 1 aliphatic rings. The average Bonchev–Trinajstić information content (AvgIpc) is 3.33. The van der Waals surface area contributed by atoms with E-state index in [2.05, 4.69) is 11.1 Å². The maximum atomic E-state index is 12.5. The van der Waals surface area contributed by atoms with Crippen LogP contribution in [0.15, 0.2) is 42.6 Å². The number of ketones is 1. The van der Waals surface area contributed by atoms with Gasteiger partial charge >= 0.3 is 5.97 Å². The Bertz CT molecular complexity index is 1030. The van der Waals surface area contributed by atoms with E-state index in [1.54, 1.807) is 19.9 Å². The van der Waals surface area contributed by atoms with E-state index < -0.39 is 5.97 Å². The molecular weight excluding hydrogens is 342 g/mol. The lowest BCUT2D eigenvalue weighted by Crippen LogP contribution is -2.09. The smallest absolute Gasteiger partial charge is 0.338 e. The van der Waals surface area contributed by atoms with Crippen molar-refractivity contribution >= 4 is 22.7 Å². The average molecular weight is 363 g/mol. The van der Waals surface area contributed by atoms with Crippen LogP contribution in [0.25, 0.3) is 10.9 Å². The van der Waals surface area contributed by atoms with Crippen LogP contribution < -0.4 is 4.74 Å². The van der Waals surface area contributed by atoms with Crippen molar-refractivity contribution in [3.8, 4) is 5.75 Å². The van der Waals surface area contributed by atoms with Gasteiger partial charge in [-0.15, -0.1) is 0 Å². The minimum Gasteiger partial charge on any atom is -0.492 e. The molecule has 138 valence electrons. The Hall–Kier alpha value is -3.08. The van der Waals surface area contributed by atoms with Crippen molar-refractivity contribution in [1.82, 2.24) is 4.98 Å². The number of hydrogen-bond donors (Lipinski definition) is 1. The first-order chi connectivity index (χ1) is 13.1. The third-order valence-electron chi connectivity index (χ3n) is 5.02. The Morgan fingerprint density at radius 3 is 2.81 bits per heavy atom. The summed E-state index contributed by atoms with van der Waals surface area (Å²) in [6, 6.07) is 11.5. The summed E-state index contributed by atoms with van der Waals surface area (Å²) in [5.41, 5.74) is 3.88. The van der Waals surface area contributed by atoms with E-state index >= 15 is 0 Å². The molecule has 1 aliphatic heterocycles. The van der Waals surface area contributed by atoms with Gasteiger partial charge in [0, 0.05) is 35.0 Å². The summed E-state index contributed by atoms with van der Waals surface area (Å²) in [6.07, 6.45) is 2.26. The van der Waals surface area contributed by atoms with Gasteiger partial charge in [0.25, 0.3) is 0 Å². The first-order valence-corrected chi connectivity index (χ1v) is 9.21. The quantitative estimate of drug-likeness (QED) is 0.537. The Kier molecular flexibility index (Phi) is 4.44. The number of rotatable bonds is 5. The monoisotopic (exact) mass is 363 g/mol. The molecule has 1 N–H and O–H groups in total. The zero-order chi connectivity index (χ0) is 19.0. The molecule has 27 heavy (non-hydrogen) atoms. The van der Waals surface area contributed by atoms with E-state index in [4.69, 9.17) is 9.47 Å². The second-order valence-corrected chi connectivity index (χ2v) is 6.59. The summed E-state index contributed by atoms with van der Waals surface area (Å²) in [5.74, 6) is 0.0820. The lowest BCUT2D eigenvalue weighted by Gasteiger charge is -2.13. The molecule has 4 rings (SSSR count). The highest BCUT2D eigenvalue weighted by molar-refractivity contribution is 6.02. The number of aromatic amines is 1. The van der Waals surface area contributed by atoms with Gasteiger partial charge in [0.05, 0.1) is 24.3 Å². The zero-order valence-corrected chi connectivity index (χ0v) is 15.4. The van der Waals surface area contributed by atoms with Crippen LogP contribution in [0.2, 0.25) is 0 Å². The molecule has 0 saturated heterocycles. The van der Waals surface area contributed by atoms with Crippen LogP contribution in [0, 0.1) is 0 Å². The fourth-order valence-electron chi connectivity index (χ4n) is 3.73. The molecule has 0 fully saturated rings. The summed E-state index contributed by atoms with van der Waals surface area (Å²) < 4.78 is 11.1. The first-order valence-electron chi connectivity index (χ1n) is 9.21. The molecule has 2 aromatic carbocycles. The highest BCUT2D eigenvalue weighted by Crippen LogP contribution is 2.43. The molecule has 0 amide bonds. The van der Waals surface area contributed by atoms with Crippen molar-refractivity contribution in [3.63, 3.8) is 0 Å². The molecule has 0 bridgehead atoms. The lowest BCUT2D eigenvalue weighted by atomic mass is 9.88. The lowest BCUT2D eigenvalue weighted by molar-refractivity contribution is 0.0526. The number of Topliss-reactive ketones (excluding diaryl/α,β-unsaturated/α-hetero) is 1. The summed E-state index contributed by atoms with van der Waals surface area (Å²) in [7, 11) is 0. The molecule has 1 unspecified atom stereocenters. The SMILES string of the molecule is CCOC(=O)c1cc(C(=O)CC)c2c(c1)C(c1cccc3[nH]ccc13)CO2. The van der Waals surface area contributed by atoms with Gasteiger partial charge in [0.2, 0.25) is 0 Å². The topological polar surface area (TPSA) is 68.4 Å². The van der Waals surface area contributed by atoms with Crippen molar-refractivity contribution in [2.75, 3.05) is 13.2 Å². The van der Waals surface area contributed by atoms with Crippen molar-refractivity contribution < 1.29 is 19.1 Å². The largest absolute Gasteiger partial charge is 0.492 e. The van der Waals surface area contributed by atoms with E-state index in [0.717, 1.165) is 22.0 Å². The Morgan fingerprint density at radius 1 is 1.19 bits per heavy atom. The van der Waals surface area contributed by atoms with E-state index in [-0.39, 0.29) is 18.3 Å². The minimum absolute atomic E-state index is 0.0436. The van der Waals surface area contributed by atoms with Gasteiger partial charge in [-0.2, -0.15) is 0 Å². The van der Waals surface area contributed by atoms with Crippen LogP contribution in [0.4, 0.5) is 0 Å². The number of aromatic nitrogens is 1. The molecule has 1 aromatic heterocycles. The number of ether oxygens (including phenoxy) is 2. The predicted octanol–water partition coefficient (Wildman–Crippen LogP) is 4.46. The van der Waals surface area contributed by atoms with E-state index in [0.29, 0.717) is 29.9 Å². The summed E-state index contributed by atoms with van der Waals surface area (Å²) in [4.78, 5) is 28.0. The fraction of sp³-hybridized carbons (Fsp3) is 0.273. The maximum Gasteiger partial charge on any atom is 0.338 e. The highest BCUT2D eigenvalue weighted by atomic mass is 16.5. The molecule has 0 radical (unpaired) electrons. The highest BCUT2D eigenvalue weighted by Gasteiger charge is 2.32. The van der Waals surface area contributed by atoms with Crippen LogP contribution in [0.1, 0.15) is 58.0 Å². The van der Waals surface area contributed by atoms with Gasteiger partial charge < -0.3 is 14.5 Å². The van der Waals surface area contributed by atoms with Crippen LogP contribution >= 0.6 is 0 Å². The molecule has 2 heterocycles. The van der Waals surface area contributed by atoms with E-state index in [9.17, 15) is 9.59 Å². The number of carbonyl (C=O) groups excluding carboxylic acids is 2. The Labute approximate surface area is 157 Å². The van der Waals surface area contributed by atoms with Crippen LogP contribution in [-0.2, 0) is 4.74 Å². The molecule has 5 heteroatoms. The van der Waals surface area contributed by atoms with E-state index in [1.807, 2.05) is 30.5 Å². The number of H-pyrrole nitrogens is 1. The van der Waals surface area contributed by atoms with Crippen molar-refractivity contribution in [2.45, 2.75) is 26.2 Å². The standard InChI is InChI=1S/C22H21NO4/c1-3-20(24)17-11-13(22(25)26-4-2)10-16-18(12-27-21(16)17)14-6-5-7-19-15(14)8-9-23-19/h5-11,18,23H,3-4,12H2,1-2H3. The molecule has 1 atom stereocenters. The van der Waals surface area contributed by atoms with Crippen molar-refractivity contribution in [2.24, 2.45) is 0 Å². The second kappa shape index (κ2) is 6.91. The normalized spacial score (nSPS) is 15.4. The van der Waals surface area contributed by atoms with Crippen LogP contribution in [0.5, 0.6) is 5.75 Å². The molecule has 0 spiro atoms. The molecule has 0 aliphatic carbocycles. The van der Waals surface area contributed by atoms with Gasteiger partial charge in [0.15, 0.2) is 5.78 Å². The summed E-state index contributed by atoms with van der Waals surface area (Å²) in [6.45, 7) is 4.30. The third kappa shape index (κ3) is 2.89. The van der Waals surface area contributed by atoms with Gasteiger partial charge in [-0.3, -0.25) is 4.79 Å². The van der Waals surface area contributed by atoms with Gasteiger partial charge in [-0.25, -0.2) is 4.79 Å². The predicted molar refractivity (Wildman–Crippen MR) is 103 cm³/mol. The second-order valence-electron chi connectivity index (χ2n) is 6.59. The summed E-state index contributed by atoms with van der Waals surface area (Å²) >= 11 is 0.